The number of rotatable bonds is 2. The lowest BCUT2D eigenvalue weighted by atomic mass is 9.94. The van der Waals surface area contributed by atoms with Gasteiger partial charge in [-0.3, -0.25) is 0 Å². The molecule has 6 heteroatoms. The number of nitrogens with zero attached hydrogens (tertiary/aromatic N) is 2. The third-order valence-corrected chi connectivity index (χ3v) is 6.03. The van der Waals surface area contributed by atoms with Crippen molar-refractivity contribution in [3.63, 3.8) is 0 Å². The second-order valence-corrected chi connectivity index (χ2v) is 7.36. The molecule has 20 heavy (non-hydrogen) atoms. The third kappa shape index (κ3) is 2.33. The average Bonchev–Trinajstić information content (AvgIpc) is 2.92. The number of benzene rings is 1. The molecule has 2 atom stereocenters. The molecule has 0 aliphatic carbocycles. The number of piperidine rings is 1. The van der Waals surface area contributed by atoms with Gasteiger partial charge in [0, 0.05) is 19.1 Å². The summed E-state index contributed by atoms with van der Waals surface area (Å²) in [6.45, 7) is 2.12. The van der Waals surface area contributed by atoms with Crippen LogP contribution >= 0.6 is 0 Å². The number of fused-ring (bicyclic) bond motifs is 1. The predicted molar refractivity (Wildman–Crippen MR) is 74.4 cm³/mol. The van der Waals surface area contributed by atoms with Crippen LogP contribution in [0.4, 0.5) is 0 Å². The van der Waals surface area contributed by atoms with E-state index in [-0.39, 0.29) is 10.9 Å². The normalized spacial score (nSPS) is 26.9. The SMILES string of the molecule is N#Cc1ccc(S(=O)(=O)N2C[C@@H]3CCCN[C@@H]3C2)cc1. The lowest BCUT2D eigenvalue weighted by molar-refractivity contribution is 0.339. The molecule has 2 aliphatic heterocycles. The third-order valence-electron chi connectivity index (χ3n) is 4.19. The largest absolute Gasteiger partial charge is 0.312 e. The zero-order valence-corrected chi connectivity index (χ0v) is 11.9. The van der Waals surface area contributed by atoms with Gasteiger partial charge in [0.1, 0.15) is 0 Å². The van der Waals surface area contributed by atoms with Crippen molar-refractivity contribution in [2.24, 2.45) is 5.92 Å². The maximum atomic E-state index is 12.6. The van der Waals surface area contributed by atoms with E-state index in [2.05, 4.69) is 5.32 Å². The molecule has 0 radical (unpaired) electrons. The second-order valence-electron chi connectivity index (χ2n) is 5.42. The minimum Gasteiger partial charge on any atom is -0.312 e. The zero-order chi connectivity index (χ0) is 14.2. The quantitative estimate of drug-likeness (QED) is 0.880. The highest BCUT2D eigenvalue weighted by Crippen LogP contribution is 2.29. The topological polar surface area (TPSA) is 73.2 Å². The van der Waals surface area contributed by atoms with E-state index in [1.54, 1.807) is 16.4 Å². The maximum absolute atomic E-state index is 12.6. The zero-order valence-electron chi connectivity index (χ0n) is 11.1. The first-order chi connectivity index (χ1) is 9.61. The molecule has 0 amide bonds. The molecular weight excluding hydrogens is 274 g/mol. The molecule has 2 saturated heterocycles. The molecule has 2 fully saturated rings. The Morgan fingerprint density at radius 2 is 2.00 bits per heavy atom. The molecule has 106 valence electrons. The number of hydrogen-bond donors (Lipinski definition) is 1. The van der Waals surface area contributed by atoms with Crippen molar-refractivity contribution in [2.75, 3.05) is 19.6 Å². The van der Waals surface area contributed by atoms with Gasteiger partial charge < -0.3 is 5.32 Å². The van der Waals surface area contributed by atoms with E-state index in [9.17, 15) is 8.42 Å². The molecule has 0 aromatic heterocycles. The number of sulfonamides is 1. The Morgan fingerprint density at radius 3 is 2.65 bits per heavy atom. The van der Waals surface area contributed by atoms with E-state index in [1.807, 2.05) is 6.07 Å². The molecule has 2 heterocycles. The van der Waals surface area contributed by atoms with E-state index >= 15 is 0 Å². The van der Waals surface area contributed by atoms with Crippen molar-refractivity contribution in [3.8, 4) is 6.07 Å². The summed E-state index contributed by atoms with van der Waals surface area (Å²) in [6.07, 6.45) is 2.21. The Hall–Kier alpha value is -1.42. The van der Waals surface area contributed by atoms with Crippen molar-refractivity contribution in [1.29, 1.82) is 5.26 Å². The summed E-state index contributed by atoms with van der Waals surface area (Å²) >= 11 is 0. The van der Waals surface area contributed by atoms with Gasteiger partial charge in [-0.2, -0.15) is 9.57 Å². The summed E-state index contributed by atoms with van der Waals surface area (Å²) in [5.74, 6) is 0.428. The van der Waals surface area contributed by atoms with Crippen molar-refractivity contribution in [1.82, 2.24) is 9.62 Å². The van der Waals surface area contributed by atoms with Crippen molar-refractivity contribution in [3.05, 3.63) is 29.8 Å². The standard InChI is InChI=1S/C14H17N3O2S/c15-8-11-3-5-13(6-4-11)20(18,19)17-9-12-2-1-7-16-14(12)10-17/h3-6,12,14,16H,1-2,7,9-10H2/t12-,14+/m0/s1. The van der Waals surface area contributed by atoms with Crippen LogP contribution in [0.1, 0.15) is 18.4 Å². The van der Waals surface area contributed by atoms with Crippen LogP contribution in [0, 0.1) is 17.2 Å². The fourth-order valence-corrected chi connectivity index (χ4v) is 4.58. The molecule has 3 rings (SSSR count). The average molecular weight is 291 g/mol. The van der Waals surface area contributed by atoms with Gasteiger partial charge >= 0.3 is 0 Å². The molecule has 0 unspecified atom stereocenters. The summed E-state index contributed by atoms with van der Waals surface area (Å²) in [5.41, 5.74) is 0.473. The van der Waals surface area contributed by atoms with Gasteiger partial charge in [-0.05, 0) is 49.6 Å². The summed E-state index contributed by atoms with van der Waals surface area (Å²) in [4.78, 5) is 0.273. The molecule has 0 bridgehead atoms. The van der Waals surface area contributed by atoms with E-state index in [0.29, 0.717) is 24.6 Å². The molecule has 0 saturated carbocycles. The van der Waals surface area contributed by atoms with Crippen molar-refractivity contribution in [2.45, 2.75) is 23.8 Å². The van der Waals surface area contributed by atoms with E-state index in [0.717, 1.165) is 19.4 Å². The van der Waals surface area contributed by atoms with Crippen LogP contribution in [0.15, 0.2) is 29.2 Å². The first-order valence-corrected chi connectivity index (χ1v) is 8.29. The highest BCUT2D eigenvalue weighted by atomic mass is 32.2. The van der Waals surface area contributed by atoms with E-state index < -0.39 is 10.0 Å². The molecule has 1 aromatic rings. The number of nitriles is 1. The molecule has 1 aromatic carbocycles. The van der Waals surface area contributed by atoms with Gasteiger partial charge in [0.2, 0.25) is 10.0 Å². The number of nitrogens with one attached hydrogen (secondary N) is 1. The van der Waals surface area contributed by atoms with Crippen molar-refractivity contribution < 1.29 is 8.42 Å². The fraction of sp³-hybridized carbons (Fsp3) is 0.500. The Kier molecular flexibility index (Phi) is 3.50. The minimum atomic E-state index is -3.44. The predicted octanol–water partition coefficient (Wildman–Crippen LogP) is 0.931. The Morgan fingerprint density at radius 1 is 1.25 bits per heavy atom. The first kappa shape index (κ1) is 13.6. The Balaban J connectivity index is 1.83. The maximum Gasteiger partial charge on any atom is 0.243 e. The summed E-state index contributed by atoms with van der Waals surface area (Å²) < 4.78 is 26.8. The fourth-order valence-electron chi connectivity index (χ4n) is 3.05. The molecule has 5 nitrogen and oxygen atoms in total. The first-order valence-electron chi connectivity index (χ1n) is 6.85. The Bertz CT molecular complexity index is 619. The summed E-state index contributed by atoms with van der Waals surface area (Å²) in [5, 5.41) is 12.2. The molecular formula is C14H17N3O2S. The van der Waals surface area contributed by atoms with Crippen molar-refractivity contribution >= 4 is 10.0 Å². The Labute approximate surface area is 119 Å². The highest BCUT2D eigenvalue weighted by Gasteiger charge is 2.40. The van der Waals surface area contributed by atoms with Gasteiger partial charge in [0.05, 0.1) is 16.5 Å². The van der Waals surface area contributed by atoms with E-state index in [1.165, 1.54) is 12.1 Å². The molecule has 1 N–H and O–H groups in total. The lowest BCUT2D eigenvalue weighted by Crippen LogP contribution is -2.41. The van der Waals surface area contributed by atoms with Gasteiger partial charge in [-0.15, -0.1) is 0 Å². The van der Waals surface area contributed by atoms with Gasteiger partial charge in [0.25, 0.3) is 0 Å². The van der Waals surface area contributed by atoms with Crippen LogP contribution in [-0.4, -0.2) is 38.4 Å². The summed E-state index contributed by atoms with van der Waals surface area (Å²) in [7, 11) is -3.44. The molecule has 0 spiro atoms. The number of hydrogen-bond acceptors (Lipinski definition) is 4. The summed E-state index contributed by atoms with van der Waals surface area (Å²) in [6, 6.07) is 8.42. The monoisotopic (exact) mass is 291 g/mol. The van der Waals surface area contributed by atoms with Gasteiger partial charge in [0.15, 0.2) is 0 Å². The van der Waals surface area contributed by atoms with Crippen LogP contribution in [0.25, 0.3) is 0 Å². The molecule has 2 aliphatic rings. The van der Waals surface area contributed by atoms with E-state index in [4.69, 9.17) is 5.26 Å². The lowest BCUT2D eigenvalue weighted by Gasteiger charge is -2.24. The second kappa shape index (κ2) is 5.17. The van der Waals surface area contributed by atoms with Gasteiger partial charge in [-0.25, -0.2) is 8.42 Å². The highest BCUT2D eigenvalue weighted by molar-refractivity contribution is 7.89. The van der Waals surface area contributed by atoms with Crippen LogP contribution in [0.3, 0.4) is 0 Å². The van der Waals surface area contributed by atoms with Gasteiger partial charge in [-0.1, -0.05) is 0 Å². The smallest absolute Gasteiger partial charge is 0.243 e. The van der Waals surface area contributed by atoms with Crippen LogP contribution in [0.2, 0.25) is 0 Å². The van der Waals surface area contributed by atoms with Crippen LogP contribution in [0.5, 0.6) is 0 Å². The van der Waals surface area contributed by atoms with Crippen LogP contribution < -0.4 is 5.32 Å². The minimum absolute atomic E-state index is 0.273. The van der Waals surface area contributed by atoms with Crippen LogP contribution in [-0.2, 0) is 10.0 Å².